The molecule has 4 heterocycles. The molecular formula is C20H12ClF3N4OS. The molecule has 0 aliphatic carbocycles. The van der Waals surface area contributed by atoms with Gasteiger partial charge < -0.3 is 5.32 Å². The molecule has 0 saturated heterocycles. The standard InChI is InChI=1S/C20H12ClF3N4OS/c1-25-19(29)12-9-30-18-13(20(22,23)24)6-15(28-17(12)18)11-2-4-14(26-7-11)10-3-5-16(21)27-8-10/h2-9H,1H3,(H,25,29). The van der Waals surface area contributed by atoms with Crippen LogP contribution >= 0.6 is 22.9 Å². The van der Waals surface area contributed by atoms with E-state index in [0.29, 0.717) is 22.0 Å². The van der Waals surface area contributed by atoms with Crippen LogP contribution in [0, 0.1) is 0 Å². The van der Waals surface area contributed by atoms with Crippen LogP contribution in [0.15, 0.2) is 48.1 Å². The summed E-state index contributed by atoms with van der Waals surface area (Å²) in [5.41, 5.74) is 1.03. The number of pyridine rings is 3. The van der Waals surface area contributed by atoms with Gasteiger partial charge in [-0.25, -0.2) is 9.97 Å². The maximum atomic E-state index is 13.7. The van der Waals surface area contributed by atoms with Gasteiger partial charge in [-0.05, 0) is 30.3 Å². The number of halogens is 4. The number of hydrogen-bond donors (Lipinski definition) is 1. The molecule has 0 atom stereocenters. The lowest BCUT2D eigenvalue weighted by Gasteiger charge is -2.11. The number of carbonyl (C=O) groups excluding carboxylic acids is 1. The second-order valence-electron chi connectivity index (χ2n) is 6.26. The first-order valence-electron chi connectivity index (χ1n) is 8.58. The van der Waals surface area contributed by atoms with Gasteiger partial charge in [0.2, 0.25) is 0 Å². The molecule has 0 aromatic carbocycles. The van der Waals surface area contributed by atoms with Gasteiger partial charge in [0.05, 0.1) is 32.7 Å². The van der Waals surface area contributed by atoms with Crippen LogP contribution in [0.3, 0.4) is 0 Å². The average Bonchev–Trinajstić information content (AvgIpc) is 3.16. The highest BCUT2D eigenvalue weighted by Gasteiger charge is 2.35. The van der Waals surface area contributed by atoms with Crippen LogP contribution in [0.2, 0.25) is 5.15 Å². The Morgan fingerprint density at radius 3 is 2.37 bits per heavy atom. The zero-order valence-corrected chi connectivity index (χ0v) is 16.9. The van der Waals surface area contributed by atoms with Crippen LogP contribution in [0.1, 0.15) is 15.9 Å². The maximum absolute atomic E-state index is 13.7. The third-order valence-corrected chi connectivity index (χ3v) is 5.61. The monoisotopic (exact) mass is 448 g/mol. The van der Waals surface area contributed by atoms with Gasteiger partial charge >= 0.3 is 6.18 Å². The molecule has 0 saturated carbocycles. The maximum Gasteiger partial charge on any atom is 0.417 e. The van der Waals surface area contributed by atoms with Crippen LogP contribution in [0.25, 0.3) is 32.7 Å². The Kier molecular flexibility index (Phi) is 5.17. The molecule has 0 aliphatic heterocycles. The van der Waals surface area contributed by atoms with Gasteiger partial charge in [-0.2, -0.15) is 13.2 Å². The fourth-order valence-electron chi connectivity index (χ4n) is 2.91. The normalized spacial score (nSPS) is 11.6. The summed E-state index contributed by atoms with van der Waals surface area (Å²) in [6.07, 6.45) is -1.61. The molecule has 0 spiro atoms. The summed E-state index contributed by atoms with van der Waals surface area (Å²) in [6, 6.07) is 7.62. The second kappa shape index (κ2) is 7.66. The predicted molar refractivity (Wildman–Crippen MR) is 109 cm³/mol. The van der Waals surface area contributed by atoms with Gasteiger partial charge in [-0.3, -0.25) is 9.78 Å². The number of amides is 1. The van der Waals surface area contributed by atoms with Crippen molar-refractivity contribution < 1.29 is 18.0 Å². The molecule has 4 aromatic rings. The Bertz CT molecular complexity index is 1240. The van der Waals surface area contributed by atoms with Crippen molar-refractivity contribution in [3.05, 3.63) is 64.4 Å². The minimum Gasteiger partial charge on any atom is -0.355 e. The molecule has 0 bridgehead atoms. The summed E-state index contributed by atoms with van der Waals surface area (Å²) in [5, 5.41) is 4.15. The Morgan fingerprint density at radius 2 is 1.77 bits per heavy atom. The van der Waals surface area contributed by atoms with E-state index in [4.69, 9.17) is 11.6 Å². The third kappa shape index (κ3) is 3.73. The number of rotatable bonds is 3. The zero-order valence-electron chi connectivity index (χ0n) is 15.3. The van der Waals surface area contributed by atoms with E-state index >= 15 is 0 Å². The van der Waals surface area contributed by atoms with Gasteiger partial charge in [0.15, 0.2) is 0 Å². The number of nitrogens with zero attached hydrogens (tertiary/aromatic N) is 3. The first-order chi connectivity index (χ1) is 14.3. The number of alkyl halides is 3. The van der Waals surface area contributed by atoms with Crippen molar-refractivity contribution in [1.82, 2.24) is 20.3 Å². The van der Waals surface area contributed by atoms with Gasteiger partial charge in [0.1, 0.15) is 5.15 Å². The number of hydrogen-bond acceptors (Lipinski definition) is 5. The SMILES string of the molecule is CNC(=O)c1csc2c(C(F)(F)F)cc(-c3ccc(-c4ccc(Cl)nc4)nc3)nc12. The largest absolute Gasteiger partial charge is 0.417 e. The fourth-order valence-corrected chi connectivity index (χ4v) is 4.04. The summed E-state index contributed by atoms with van der Waals surface area (Å²) in [4.78, 5) is 24.7. The van der Waals surface area contributed by atoms with Crippen molar-refractivity contribution in [2.75, 3.05) is 7.05 Å². The van der Waals surface area contributed by atoms with Gasteiger partial charge in [-0.15, -0.1) is 11.3 Å². The Morgan fingerprint density at radius 1 is 1.07 bits per heavy atom. The Labute approximate surface area is 177 Å². The molecule has 4 rings (SSSR count). The third-order valence-electron chi connectivity index (χ3n) is 4.38. The summed E-state index contributed by atoms with van der Waals surface area (Å²) in [5.74, 6) is -0.497. The van der Waals surface area contributed by atoms with Crippen LogP contribution in [-0.4, -0.2) is 27.9 Å². The highest BCUT2D eigenvalue weighted by Crippen LogP contribution is 2.40. The van der Waals surface area contributed by atoms with Crippen molar-refractivity contribution in [2.45, 2.75) is 6.18 Å². The number of carbonyl (C=O) groups is 1. The number of fused-ring (bicyclic) bond motifs is 1. The molecule has 30 heavy (non-hydrogen) atoms. The van der Waals surface area contributed by atoms with Crippen molar-refractivity contribution >= 4 is 39.1 Å². The first kappa shape index (κ1) is 20.2. The summed E-state index contributed by atoms with van der Waals surface area (Å²) < 4.78 is 40.9. The first-order valence-corrected chi connectivity index (χ1v) is 9.83. The lowest BCUT2D eigenvalue weighted by Crippen LogP contribution is -2.17. The van der Waals surface area contributed by atoms with Crippen LogP contribution in [0.4, 0.5) is 13.2 Å². The molecule has 0 radical (unpaired) electrons. The van der Waals surface area contributed by atoms with E-state index in [1.807, 2.05) is 0 Å². The van der Waals surface area contributed by atoms with Crippen LogP contribution in [0.5, 0.6) is 0 Å². The molecule has 5 nitrogen and oxygen atoms in total. The lowest BCUT2D eigenvalue weighted by atomic mass is 10.1. The van der Waals surface area contributed by atoms with Gasteiger partial charge in [-0.1, -0.05) is 11.6 Å². The Balaban J connectivity index is 1.83. The highest BCUT2D eigenvalue weighted by atomic mass is 35.5. The molecule has 1 N–H and O–H groups in total. The van der Waals surface area contributed by atoms with Crippen molar-refractivity contribution in [2.24, 2.45) is 0 Å². The highest BCUT2D eigenvalue weighted by molar-refractivity contribution is 7.17. The Hall–Kier alpha value is -3.04. The van der Waals surface area contributed by atoms with Gasteiger partial charge in [0, 0.05) is 35.9 Å². The van der Waals surface area contributed by atoms with Crippen molar-refractivity contribution in [3.63, 3.8) is 0 Å². The second-order valence-corrected chi connectivity index (χ2v) is 7.53. The minimum absolute atomic E-state index is 0.00940. The number of aromatic nitrogens is 3. The summed E-state index contributed by atoms with van der Waals surface area (Å²) in [7, 11) is 1.41. The van der Waals surface area contributed by atoms with Gasteiger partial charge in [0.25, 0.3) is 5.91 Å². The van der Waals surface area contributed by atoms with E-state index in [9.17, 15) is 18.0 Å². The zero-order chi connectivity index (χ0) is 21.5. The van der Waals surface area contributed by atoms with Crippen molar-refractivity contribution in [3.8, 4) is 22.5 Å². The quantitative estimate of drug-likeness (QED) is 0.423. The fraction of sp³-hybridized carbons (Fsp3) is 0.100. The van der Waals surface area contributed by atoms with Crippen LogP contribution < -0.4 is 5.32 Å². The molecule has 1 amide bonds. The average molecular weight is 449 g/mol. The van der Waals surface area contributed by atoms with E-state index in [1.165, 1.54) is 18.6 Å². The van der Waals surface area contributed by atoms with E-state index in [2.05, 4.69) is 20.3 Å². The molecular weight excluding hydrogens is 437 g/mol. The lowest BCUT2D eigenvalue weighted by molar-refractivity contribution is -0.136. The molecule has 0 unspecified atom stereocenters. The summed E-state index contributed by atoms with van der Waals surface area (Å²) in [6.45, 7) is 0. The molecule has 4 aromatic heterocycles. The van der Waals surface area contributed by atoms with E-state index < -0.39 is 17.6 Å². The van der Waals surface area contributed by atoms with Crippen LogP contribution in [-0.2, 0) is 6.18 Å². The topological polar surface area (TPSA) is 67.8 Å². The van der Waals surface area contributed by atoms with E-state index in [1.54, 1.807) is 30.5 Å². The molecule has 10 heteroatoms. The molecule has 152 valence electrons. The van der Waals surface area contributed by atoms with E-state index in [-0.39, 0.29) is 21.5 Å². The van der Waals surface area contributed by atoms with E-state index in [0.717, 1.165) is 17.4 Å². The molecule has 0 fully saturated rings. The number of nitrogens with one attached hydrogen (secondary N) is 1. The number of thiophene rings is 1. The smallest absolute Gasteiger partial charge is 0.355 e. The predicted octanol–water partition coefficient (Wildman–Crippen LogP) is 5.45. The van der Waals surface area contributed by atoms with Crippen molar-refractivity contribution in [1.29, 1.82) is 0 Å². The summed E-state index contributed by atoms with van der Waals surface area (Å²) >= 11 is 6.62. The minimum atomic E-state index is -4.59. The molecule has 0 aliphatic rings.